The minimum Gasteiger partial charge on any atom is -0.377 e. The summed E-state index contributed by atoms with van der Waals surface area (Å²) in [7, 11) is 0. The second-order valence-corrected chi connectivity index (χ2v) is 6.27. The van der Waals surface area contributed by atoms with E-state index in [9.17, 15) is 0 Å². The Morgan fingerprint density at radius 3 is 2.35 bits per heavy atom. The average molecular weight is 235 g/mol. The fraction of sp³-hybridized carbons (Fsp3) is 0.867. The first kappa shape index (κ1) is 11.7. The highest BCUT2D eigenvalue weighted by Gasteiger charge is 2.36. The van der Waals surface area contributed by atoms with Gasteiger partial charge in [-0.25, -0.2) is 0 Å². The Hall–Kier alpha value is -0.340. The molecule has 3 rings (SSSR count). The van der Waals surface area contributed by atoms with Crippen LogP contribution in [0.2, 0.25) is 0 Å². The maximum atomic E-state index is 6.16. The lowest BCUT2D eigenvalue weighted by Crippen LogP contribution is -2.26. The number of fused-ring (bicyclic) bond motifs is 2. The lowest BCUT2D eigenvalue weighted by atomic mass is 9.82. The fourth-order valence-electron chi connectivity index (χ4n) is 3.82. The average Bonchev–Trinajstić information content (AvgIpc) is 2.99. The number of hydrogen-bond donors (Lipinski definition) is 1. The molecule has 2 N–H and O–H groups in total. The van der Waals surface area contributed by atoms with E-state index in [1.165, 1.54) is 38.5 Å². The van der Waals surface area contributed by atoms with Gasteiger partial charge in [0.25, 0.3) is 0 Å². The van der Waals surface area contributed by atoms with Gasteiger partial charge in [-0.15, -0.1) is 0 Å². The van der Waals surface area contributed by atoms with Crippen LogP contribution in [-0.2, 0) is 4.74 Å². The summed E-state index contributed by atoms with van der Waals surface area (Å²) in [5, 5.41) is 0. The van der Waals surface area contributed by atoms with Crippen molar-refractivity contribution in [1.82, 2.24) is 0 Å². The number of hydrogen-bond acceptors (Lipinski definition) is 2. The molecule has 0 radical (unpaired) electrons. The highest BCUT2D eigenvalue weighted by Crippen LogP contribution is 2.41. The second-order valence-electron chi connectivity index (χ2n) is 6.27. The van der Waals surface area contributed by atoms with Crippen molar-refractivity contribution >= 4 is 0 Å². The van der Waals surface area contributed by atoms with Gasteiger partial charge in [-0.2, -0.15) is 0 Å². The SMILES string of the molecule is NCC1CCC(COC2CC3C=CC2C3)CC1. The van der Waals surface area contributed by atoms with Crippen LogP contribution in [0.15, 0.2) is 12.2 Å². The minimum absolute atomic E-state index is 0.539. The minimum atomic E-state index is 0.539. The molecule has 17 heavy (non-hydrogen) atoms. The quantitative estimate of drug-likeness (QED) is 0.760. The molecule has 0 saturated heterocycles. The molecule has 0 aromatic rings. The number of ether oxygens (including phenoxy) is 1. The Morgan fingerprint density at radius 1 is 1.00 bits per heavy atom. The van der Waals surface area contributed by atoms with Crippen molar-refractivity contribution in [2.24, 2.45) is 29.4 Å². The molecule has 3 unspecified atom stereocenters. The maximum absolute atomic E-state index is 6.16. The predicted molar refractivity (Wildman–Crippen MR) is 69.6 cm³/mol. The predicted octanol–water partition coefficient (Wildman–Crippen LogP) is 2.73. The van der Waals surface area contributed by atoms with Crippen LogP contribution < -0.4 is 5.73 Å². The van der Waals surface area contributed by atoms with Crippen LogP contribution in [0.1, 0.15) is 38.5 Å². The van der Waals surface area contributed by atoms with E-state index in [0.29, 0.717) is 6.10 Å². The van der Waals surface area contributed by atoms with Crippen LogP contribution in [-0.4, -0.2) is 19.3 Å². The zero-order valence-corrected chi connectivity index (χ0v) is 10.7. The Kier molecular flexibility index (Phi) is 3.53. The summed E-state index contributed by atoms with van der Waals surface area (Å²) in [6.45, 7) is 1.88. The molecule has 0 amide bonds. The van der Waals surface area contributed by atoms with Crippen molar-refractivity contribution in [2.45, 2.75) is 44.6 Å². The van der Waals surface area contributed by atoms with Gasteiger partial charge < -0.3 is 10.5 Å². The summed E-state index contributed by atoms with van der Waals surface area (Å²) in [6, 6.07) is 0. The third kappa shape index (κ3) is 2.58. The highest BCUT2D eigenvalue weighted by atomic mass is 16.5. The van der Waals surface area contributed by atoms with Gasteiger partial charge in [-0.1, -0.05) is 12.2 Å². The number of allylic oxidation sites excluding steroid dienone is 1. The first-order valence-electron chi connectivity index (χ1n) is 7.35. The van der Waals surface area contributed by atoms with Crippen LogP contribution in [0.25, 0.3) is 0 Å². The smallest absolute Gasteiger partial charge is 0.0643 e. The van der Waals surface area contributed by atoms with Crippen LogP contribution in [0.5, 0.6) is 0 Å². The van der Waals surface area contributed by atoms with E-state index in [-0.39, 0.29) is 0 Å². The molecule has 2 saturated carbocycles. The summed E-state index contributed by atoms with van der Waals surface area (Å²) >= 11 is 0. The third-order valence-electron chi connectivity index (χ3n) is 5.06. The van der Waals surface area contributed by atoms with Gasteiger partial charge in [0.1, 0.15) is 0 Å². The Balaban J connectivity index is 1.39. The van der Waals surface area contributed by atoms with E-state index in [4.69, 9.17) is 10.5 Å². The molecule has 2 heteroatoms. The molecule has 3 aliphatic carbocycles. The van der Waals surface area contributed by atoms with Crippen molar-refractivity contribution in [2.75, 3.05) is 13.2 Å². The fourth-order valence-corrected chi connectivity index (χ4v) is 3.82. The monoisotopic (exact) mass is 235 g/mol. The van der Waals surface area contributed by atoms with Gasteiger partial charge in [0.2, 0.25) is 0 Å². The lowest BCUT2D eigenvalue weighted by molar-refractivity contribution is 0.00432. The Bertz CT molecular complexity index is 281. The van der Waals surface area contributed by atoms with E-state index >= 15 is 0 Å². The number of rotatable bonds is 4. The lowest BCUT2D eigenvalue weighted by Gasteiger charge is -2.29. The van der Waals surface area contributed by atoms with E-state index < -0.39 is 0 Å². The third-order valence-corrected chi connectivity index (χ3v) is 5.06. The summed E-state index contributed by atoms with van der Waals surface area (Å²) in [6.07, 6.45) is 13.2. The van der Waals surface area contributed by atoms with Crippen molar-refractivity contribution in [1.29, 1.82) is 0 Å². The molecule has 2 nitrogen and oxygen atoms in total. The standard InChI is InChI=1S/C15H25NO/c16-9-11-1-3-12(4-2-11)10-17-15-8-13-5-6-14(15)7-13/h5-6,11-15H,1-4,7-10,16H2. The van der Waals surface area contributed by atoms with Crippen LogP contribution in [0.4, 0.5) is 0 Å². The molecular formula is C15H25NO. The van der Waals surface area contributed by atoms with Gasteiger partial charge in [-0.3, -0.25) is 0 Å². The molecule has 0 aliphatic heterocycles. The topological polar surface area (TPSA) is 35.2 Å². The molecule has 0 aromatic heterocycles. The molecule has 0 heterocycles. The molecular weight excluding hydrogens is 210 g/mol. The first-order valence-corrected chi connectivity index (χ1v) is 7.35. The van der Waals surface area contributed by atoms with Crippen molar-refractivity contribution in [3.63, 3.8) is 0 Å². The molecule has 2 fully saturated rings. The molecule has 96 valence electrons. The van der Waals surface area contributed by atoms with Crippen molar-refractivity contribution in [3.8, 4) is 0 Å². The zero-order valence-electron chi connectivity index (χ0n) is 10.7. The summed E-state index contributed by atoms with van der Waals surface area (Å²) in [5.41, 5.74) is 5.72. The van der Waals surface area contributed by atoms with Gasteiger partial charge >= 0.3 is 0 Å². The summed E-state index contributed by atoms with van der Waals surface area (Å²) < 4.78 is 6.16. The van der Waals surface area contributed by atoms with E-state index in [2.05, 4.69) is 12.2 Å². The molecule has 3 atom stereocenters. The van der Waals surface area contributed by atoms with E-state index in [1.54, 1.807) is 0 Å². The van der Waals surface area contributed by atoms with Gasteiger partial charge in [0.15, 0.2) is 0 Å². The van der Waals surface area contributed by atoms with Crippen LogP contribution in [0.3, 0.4) is 0 Å². The van der Waals surface area contributed by atoms with Crippen LogP contribution in [0, 0.1) is 23.7 Å². The summed E-state index contributed by atoms with van der Waals surface area (Å²) in [4.78, 5) is 0. The molecule has 2 bridgehead atoms. The van der Waals surface area contributed by atoms with Gasteiger partial charge in [-0.05, 0) is 62.8 Å². The van der Waals surface area contributed by atoms with Gasteiger partial charge in [0.05, 0.1) is 6.10 Å². The molecule has 3 aliphatic rings. The zero-order chi connectivity index (χ0) is 11.7. The normalized spacial score (nSPS) is 44.4. The summed E-state index contributed by atoms with van der Waals surface area (Å²) in [5.74, 6) is 3.16. The first-order chi connectivity index (χ1) is 8.35. The largest absolute Gasteiger partial charge is 0.377 e. The maximum Gasteiger partial charge on any atom is 0.0643 e. The Morgan fingerprint density at radius 2 is 1.76 bits per heavy atom. The highest BCUT2D eigenvalue weighted by molar-refractivity contribution is 5.11. The van der Waals surface area contributed by atoms with E-state index in [1.807, 2.05) is 0 Å². The van der Waals surface area contributed by atoms with E-state index in [0.717, 1.165) is 36.8 Å². The molecule has 0 aromatic carbocycles. The number of nitrogens with two attached hydrogens (primary N) is 1. The Labute approximate surface area is 105 Å². The van der Waals surface area contributed by atoms with Crippen molar-refractivity contribution in [3.05, 3.63) is 12.2 Å². The van der Waals surface area contributed by atoms with Gasteiger partial charge in [0, 0.05) is 12.5 Å². The van der Waals surface area contributed by atoms with Crippen LogP contribution >= 0.6 is 0 Å². The molecule has 0 spiro atoms. The second kappa shape index (κ2) is 5.11. The van der Waals surface area contributed by atoms with Crippen molar-refractivity contribution < 1.29 is 4.74 Å².